The van der Waals surface area contributed by atoms with Crippen molar-refractivity contribution in [2.45, 2.75) is 46.5 Å². The summed E-state index contributed by atoms with van der Waals surface area (Å²) in [5.74, 6) is 1.45. The third-order valence-corrected chi connectivity index (χ3v) is 3.75. The molecule has 0 saturated heterocycles. The van der Waals surface area contributed by atoms with E-state index in [1.807, 2.05) is 20.0 Å². The summed E-state index contributed by atoms with van der Waals surface area (Å²) in [4.78, 5) is 12.0. The van der Waals surface area contributed by atoms with Crippen LogP contribution in [-0.4, -0.2) is 22.1 Å². The van der Waals surface area contributed by atoms with Crippen LogP contribution in [0.1, 0.15) is 44.5 Å². The lowest BCUT2D eigenvalue weighted by Crippen LogP contribution is -2.16. The lowest BCUT2D eigenvalue weighted by atomic mass is 9.87. The number of hydrogen-bond acceptors (Lipinski definition) is 3. The SMILES string of the molecule is Cc1cc(CC(=O)CCC(CCN)C(C)C)n(C)n1. The highest BCUT2D eigenvalue weighted by molar-refractivity contribution is 5.80. The maximum Gasteiger partial charge on any atom is 0.138 e. The van der Waals surface area contributed by atoms with Crippen LogP contribution in [0.25, 0.3) is 0 Å². The number of nitrogens with two attached hydrogens (primary N) is 1. The summed E-state index contributed by atoms with van der Waals surface area (Å²) in [7, 11) is 1.89. The van der Waals surface area contributed by atoms with Crippen molar-refractivity contribution >= 4 is 5.78 Å². The fraction of sp³-hybridized carbons (Fsp3) is 0.733. The molecule has 0 aliphatic carbocycles. The predicted molar refractivity (Wildman–Crippen MR) is 77.9 cm³/mol. The third-order valence-electron chi connectivity index (χ3n) is 3.75. The molecule has 2 N–H and O–H groups in total. The third kappa shape index (κ3) is 5.15. The number of aromatic nitrogens is 2. The number of carbonyl (C=O) groups excluding carboxylic acids is 1. The van der Waals surface area contributed by atoms with Gasteiger partial charge in [-0.05, 0) is 44.2 Å². The van der Waals surface area contributed by atoms with Crippen LogP contribution in [0.2, 0.25) is 0 Å². The lowest BCUT2D eigenvalue weighted by molar-refractivity contribution is -0.118. The quantitative estimate of drug-likeness (QED) is 0.784. The Morgan fingerprint density at radius 2 is 2.11 bits per heavy atom. The minimum absolute atomic E-state index is 0.297. The fourth-order valence-corrected chi connectivity index (χ4v) is 2.49. The van der Waals surface area contributed by atoms with Crippen LogP contribution in [0, 0.1) is 18.8 Å². The molecule has 1 unspecified atom stereocenters. The van der Waals surface area contributed by atoms with Gasteiger partial charge in [-0.1, -0.05) is 13.8 Å². The number of ketones is 1. The first-order chi connectivity index (χ1) is 8.93. The van der Waals surface area contributed by atoms with Crippen molar-refractivity contribution in [1.29, 1.82) is 0 Å². The van der Waals surface area contributed by atoms with Gasteiger partial charge in [0.15, 0.2) is 0 Å². The molecule has 1 aromatic heterocycles. The number of Topliss-reactive ketones (excluding diaryl/α,β-unsaturated/α-hetero) is 1. The van der Waals surface area contributed by atoms with Gasteiger partial charge in [0.2, 0.25) is 0 Å². The van der Waals surface area contributed by atoms with Crippen LogP contribution < -0.4 is 5.73 Å². The number of nitrogens with zero attached hydrogens (tertiary/aromatic N) is 2. The smallest absolute Gasteiger partial charge is 0.138 e. The van der Waals surface area contributed by atoms with Crippen LogP contribution in [0.3, 0.4) is 0 Å². The molecule has 0 amide bonds. The Kier molecular flexibility index (Phi) is 6.22. The van der Waals surface area contributed by atoms with Crippen LogP contribution in [0.5, 0.6) is 0 Å². The van der Waals surface area contributed by atoms with Crippen molar-refractivity contribution in [3.8, 4) is 0 Å². The summed E-state index contributed by atoms with van der Waals surface area (Å²) in [5.41, 5.74) is 7.59. The topological polar surface area (TPSA) is 60.9 Å². The Balaban J connectivity index is 2.45. The predicted octanol–water partition coefficient (Wildman–Crippen LogP) is 2.24. The van der Waals surface area contributed by atoms with Crippen molar-refractivity contribution in [3.63, 3.8) is 0 Å². The second kappa shape index (κ2) is 7.43. The Morgan fingerprint density at radius 1 is 1.42 bits per heavy atom. The maximum atomic E-state index is 12.0. The Bertz CT molecular complexity index is 410. The van der Waals surface area contributed by atoms with Gasteiger partial charge < -0.3 is 5.73 Å². The van der Waals surface area contributed by atoms with E-state index >= 15 is 0 Å². The Labute approximate surface area is 116 Å². The van der Waals surface area contributed by atoms with Crippen molar-refractivity contribution in [1.82, 2.24) is 9.78 Å². The van der Waals surface area contributed by atoms with E-state index in [4.69, 9.17) is 5.73 Å². The lowest BCUT2D eigenvalue weighted by Gasteiger charge is -2.19. The first-order valence-corrected chi connectivity index (χ1v) is 7.15. The second-order valence-corrected chi connectivity index (χ2v) is 5.74. The number of hydrogen-bond donors (Lipinski definition) is 1. The summed E-state index contributed by atoms with van der Waals surface area (Å²) in [6.07, 6.45) is 3.10. The summed E-state index contributed by atoms with van der Waals surface area (Å²) in [6, 6.07) is 1.98. The summed E-state index contributed by atoms with van der Waals surface area (Å²) < 4.78 is 1.80. The van der Waals surface area contributed by atoms with Crippen molar-refractivity contribution in [2.75, 3.05) is 6.54 Å². The van der Waals surface area contributed by atoms with Crippen LogP contribution >= 0.6 is 0 Å². The first-order valence-electron chi connectivity index (χ1n) is 7.15. The molecule has 1 rings (SSSR count). The minimum atomic E-state index is 0.297. The van der Waals surface area contributed by atoms with E-state index in [0.717, 1.165) is 24.2 Å². The molecule has 1 aromatic rings. The molecule has 19 heavy (non-hydrogen) atoms. The monoisotopic (exact) mass is 265 g/mol. The molecule has 1 atom stereocenters. The molecule has 0 aromatic carbocycles. The van der Waals surface area contributed by atoms with E-state index in [2.05, 4.69) is 18.9 Å². The van der Waals surface area contributed by atoms with Crippen molar-refractivity contribution in [3.05, 3.63) is 17.5 Å². The largest absolute Gasteiger partial charge is 0.330 e. The minimum Gasteiger partial charge on any atom is -0.330 e. The zero-order valence-electron chi connectivity index (χ0n) is 12.6. The second-order valence-electron chi connectivity index (χ2n) is 5.74. The van der Waals surface area contributed by atoms with Gasteiger partial charge in [0.25, 0.3) is 0 Å². The van der Waals surface area contributed by atoms with Gasteiger partial charge >= 0.3 is 0 Å². The molecular weight excluding hydrogens is 238 g/mol. The molecular formula is C15H27N3O. The number of carbonyl (C=O) groups is 1. The van der Waals surface area contributed by atoms with Crippen LogP contribution in [0.15, 0.2) is 6.07 Å². The van der Waals surface area contributed by atoms with Gasteiger partial charge in [0, 0.05) is 25.6 Å². The normalized spacial score (nSPS) is 12.9. The van der Waals surface area contributed by atoms with E-state index in [1.165, 1.54) is 0 Å². The summed E-state index contributed by atoms with van der Waals surface area (Å²) in [5, 5.41) is 4.26. The molecule has 0 radical (unpaired) electrons. The van der Waals surface area contributed by atoms with Gasteiger partial charge in [-0.25, -0.2) is 0 Å². The first kappa shape index (κ1) is 15.9. The molecule has 0 aliphatic rings. The molecule has 0 bridgehead atoms. The van der Waals surface area contributed by atoms with E-state index in [0.29, 0.717) is 37.0 Å². The van der Waals surface area contributed by atoms with E-state index < -0.39 is 0 Å². The highest BCUT2D eigenvalue weighted by atomic mass is 16.1. The average molecular weight is 265 g/mol. The van der Waals surface area contributed by atoms with Crippen LogP contribution in [-0.2, 0) is 18.3 Å². The molecule has 0 fully saturated rings. The Hall–Kier alpha value is -1.16. The molecule has 0 saturated carbocycles. The van der Waals surface area contributed by atoms with Gasteiger partial charge in [-0.15, -0.1) is 0 Å². The van der Waals surface area contributed by atoms with Crippen molar-refractivity contribution < 1.29 is 4.79 Å². The van der Waals surface area contributed by atoms with E-state index in [1.54, 1.807) is 4.68 Å². The molecule has 0 spiro atoms. The van der Waals surface area contributed by atoms with E-state index in [-0.39, 0.29) is 0 Å². The standard InChI is InChI=1S/C15H27N3O/c1-11(2)13(7-8-16)5-6-15(19)10-14-9-12(3)17-18(14)4/h9,11,13H,5-8,10,16H2,1-4H3. The molecule has 0 aliphatic heterocycles. The Morgan fingerprint density at radius 3 is 2.58 bits per heavy atom. The molecule has 108 valence electrons. The van der Waals surface area contributed by atoms with Gasteiger partial charge in [-0.2, -0.15) is 5.10 Å². The van der Waals surface area contributed by atoms with Gasteiger partial charge in [-0.3, -0.25) is 9.48 Å². The molecule has 4 heteroatoms. The van der Waals surface area contributed by atoms with Gasteiger partial charge in [0.1, 0.15) is 5.78 Å². The fourth-order valence-electron chi connectivity index (χ4n) is 2.49. The zero-order chi connectivity index (χ0) is 14.4. The van der Waals surface area contributed by atoms with E-state index in [9.17, 15) is 4.79 Å². The van der Waals surface area contributed by atoms with Crippen LogP contribution in [0.4, 0.5) is 0 Å². The van der Waals surface area contributed by atoms with Crippen molar-refractivity contribution in [2.24, 2.45) is 24.6 Å². The maximum absolute atomic E-state index is 12.0. The molecule has 1 heterocycles. The average Bonchev–Trinajstić information content (AvgIpc) is 2.62. The highest BCUT2D eigenvalue weighted by Crippen LogP contribution is 2.21. The summed E-state index contributed by atoms with van der Waals surface area (Å²) in [6.45, 7) is 7.06. The number of rotatable bonds is 8. The number of aryl methyl sites for hydroxylation is 2. The zero-order valence-corrected chi connectivity index (χ0v) is 12.6. The summed E-state index contributed by atoms with van der Waals surface area (Å²) >= 11 is 0. The highest BCUT2D eigenvalue weighted by Gasteiger charge is 2.15. The van der Waals surface area contributed by atoms with Gasteiger partial charge in [0.05, 0.1) is 5.69 Å². The molecule has 4 nitrogen and oxygen atoms in total.